The Bertz CT molecular complexity index is 308. The van der Waals surface area contributed by atoms with Gasteiger partial charge in [0.05, 0.1) is 5.97 Å². The largest absolute Gasteiger partial charge is 3.00 e. The molecule has 0 rings (SSSR count). The van der Waals surface area contributed by atoms with Crippen LogP contribution in [0.2, 0.25) is 0 Å². The van der Waals surface area contributed by atoms with E-state index in [1.165, 1.54) is 0 Å². The first-order valence-electron chi connectivity index (χ1n) is 3.68. The Morgan fingerprint density at radius 2 is 1.28 bits per heavy atom. The zero-order valence-corrected chi connectivity index (χ0v) is 11.0. The number of aliphatic hydroxyl groups is 1. The zero-order chi connectivity index (χ0) is 14.2. The Morgan fingerprint density at radius 3 is 1.39 bits per heavy atom. The molecule has 0 aliphatic heterocycles. The molecule has 0 aliphatic rings. The average molecular weight is 322 g/mol. The number of rotatable bonds is 5. The van der Waals surface area contributed by atoms with Crippen LogP contribution in [0.3, 0.4) is 0 Å². The van der Waals surface area contributed by atoms with Crippen LogP contribution in [0.5, 0.6) is 0 Å². The average Bonchev–Trinajstić information content (AvgIpc) is 1.98. The van der Waals surface area contributed by atoms with E-state index in [0.29, 0.717) is 0 Å². The molecule has 0 saturated carbocycles. The minimum Gasteiger partial charge on any atom is -0.550 e. The van der Waals surface area contributed by atoms with Crippen molar-refractivity contribution in [3.8, 4) is 0 Å². The molecule has 0 aromatic rings. The minimum atomic E-state index is -2.97. The Balaban J connectivity index is -0.000000392. The standard InChI is InChI=1S/C6H8O7.Ga.HNO3/c7-3(8)1-6(13,5(11)12)2-4(9)10;;2-1(3)4/h13H,1-2H2,(H,7,8)(H,9,10)(H,11,12);;(H,2,3,4)/q;+3;/p-3. The summed E-state index contributed by atoms with van der Waals surface area (Å²) in [7, 11) is 0. The third-order valence-electron chi connectivity index (χ3n) is 1.25. The molecule has 0 radical (unpaired) electrons. The molecular formula is C6H6GaNO10. The summed E-state index contributed by atoms with van der Waals surface area (Å²) in [6.45, 7) is 0. The third kappa shape index (κ3) is 12.3. The summed E-state index contributed by atoms with van der Waals surface area (Å²) in [5, 5.41) is 52.6. The van der Waals surface area contributed by atoms with Gasteiger partial charge in [0.1, 0.15) is 5.60 Å². The number of aliphatic carboxylic acids is 3. The van der Waals surface area contributed by atoms with E-state index in [1.807, 2.05) is 0 Å². The first-order valence-corrected chi connectivity index (χ1v) is 3.68. The molecule has 0 aromatic heterocycles. The molecule has 0 aromatic carbocycles. The maximum atomic E-state index is 10.1. The van der Waals surface area contributed by atoms with Gasteiger partial charge in [0.2, 0.25) is 0 Å². The summed E-state index contributed by atoms with van der Waals surface area (Å²) in [5.41, 5.74) is -2.97. The second-order valence-corrected chi connectivity index (χ2v) is 2.65. The summed E-state index contributed by atoms with van der Waals surface area (Å²) in [6, 6.07) is 0. The molecule has 98 valence electrons. The number of carbonyl (C=O) groups excluding carboxylic acids is 3. The Hall–Kier alpha value is -1.79. The maximum Gasteiger partial charge on any atom is 3.00 e. The number of carboxylic acids is 3. The normalized spacial score (nSPS) is 9.17. The van der Waals surface area contributed by atoms with E-state index in [9.17, 15) is 29.7 Å². The maximum absolute atomic E-state index is 10.1. The van der Waals surface area contributed by atoms with Gasteiger partial charge in [0.25, 0.3) is 5.09 Å². The van der Waals surface area contributed by atoms with Crippen LogP contribution in [0.25, 0.3) is 0 Å². The van der Waals surface area contributed by atoms with Crippen LogP contribution < -0.4 is 15.3 Å². The summed E-state index contributed by atoms with van der Waals surface area (Å²) in [6.07, 6.45) is -2.72. The van der Waals surface area contributed by atoms with Gasteiger partial charge in [-0.25, -0.2) is 0 Å². The molecule has 0 saturated heterocycles. The monoisotopic (exact) mass is 321 g/mol. The van der Waals surface area contributed by atoms with E-state index in [1.54, 1.807) is 0 Å². The van der Waals surface area contributed by atoms with Crippen molar-refractivity contribution in [2.24, 2.45) is 0 Å². The zero-order valence-electron chi connectivity index (χ0n) is 8.60. The van der Waals surface area contributed by atoms with Crippen LogP contribution in [-0.4, -0.2) is 58.7 Å². The van der Waals surface area contributed by atoms with E-state index in [-0.39, 0.29) is 19.8 Å². The minimum absolute atomic E-state index is 0. The summed E-state index contributed by atoms with van der Waals surface area (Å²) < 4.78 is 0. The van der Waals surface area contributed by atoms with Crippen LogP contribution in [0.4, 0.5) is 0 Å². The predicted molar refractivity (Wildman–Crippen MR) is 43.7 cm³/mol. The van der Waals surface area contributed by atoms with Gasteiger partial charge in [-0.3, -0.25) is 0 Å². The Morgan fingerprint density at radius 1 is 1.06 bits per heavy atom. The molecule has 0 aliphatic carbocycles. The number of carbonyl (C=O) groups is 3. The SMILES string of the molecule is O=C([O-])CC(O)(CC(=O)[O-])C(=O)[O-].O=[N+]([O-])O.[Ga+3]. The molecule has 0 unspecified atom stereocenters. The van der Waals surface area contributed by atoms with Crippen LogP contribution >= 0.6 is 0 Å². The molecular weight excluding hydrogens is 316 g/mol. The first kappa shape index (κ1) is 21.5. The van der Waals surface area contributed by atoms with Gasteiger partial charge in [0, 0.05) is 24.8 Å². The molecule has 18 heavy (non-hydrogen) atoms. The summed E-state index contributed by atoms with van der Waals surface area (Å²) >= 11 is 0. The van der Waals surface area contributed by atoms with Gasteiger partial charge in [-0.15, -0.1) is 10.1 Å². The molecule has 0 bridgehead atoms. The van der Waals surface area contributed by atoms with Gasteiger partial charge in [-0.2, -0.15) is 0 Å². The fraction of sp³-hybridized carbons (Fsp3) is 0.500. The van der Waals surface area contributed by atoms with Gasteiger partial charge in [0.15, 0.2) is 0 Å². The van der Waals surface area contributed by atoms with Gasteiger partial charge < -0.3 is 40.0 Å². The van der Waals surface area contributed by atoms with Crippen LogP contribution in [-0.2, 0) is 14.4 Å². The van der Waals surface area contributed by atoms with Gasteiger partial charge in [-0.1, -0.05) is 0 Å². The van der Waals surface area contributed by atoms with E-state index in [2.05, 4.69) is 0 Å². The number of nitrogens with zero attached hydrogens (tertiary/aromatic N) is 1. The van der Waals surface area contributed by atoms with Crippen molar-refractivity contribution < 1.29 is 45.1 Å². The molecule has 0 heterocycles. The molecule has 0 amide bonds. The second kappa shape index (κ2) is 9.26. The van der Waals surface area contributed by atoms with Crippen LogP contribution in [0.1, 0.15) is 12.8 Å². The van der Waals surface area contributed by atoms with Crippen molar-refractivity contribution in [2.45, 2.75) is 18.4 Å². The van der Waals surface area contributed by atoms with Crippen molar-refractivity contribution in [2.75, 3.05) is 0 Å². The topological polar surface area (TPSA) is 204 Å². The van der Waals surface area contributed by atoms with E-state index >= 15 is 0 Å². The molecule has 0 spiro atoms. The number of hydrogen-bond donors (Lipinski definition) is 2. The van der Waals surface area contributed by atoms with Crippen molar-refractivity contribution in [3.63, 3.8) is 0 Å². The number of carboxylic acid groups (broad SMARTS) is 3. The Kier molecular flexibility index (Phi) is 11.1. The molecule has 2 N–H and O–H groups in total. The van der Waals surface area contributed by atoms with Crippen molar-refractivity contribution in [1.82, 2.24) is 0 Å². The van der Waals surface area contributed by atoms with Crippen LogP contribution in [0.15, 0.2) is 0 Å². The predicted octanol–water partition coefficient (Wildman–Crippen LogP) is -5.98. The first-order chi connectivity index (χ1) is 7.51. The Labute approximate surface area is 112 Å². The van der Waals surface area contributed by atoms with Crippen LogP contribution in [0, 0.1) is 10.1 Å². The van der Waals surface area contributed by atoms with E-state index in [0.717, 1.165) is 0 Å². The van der Waals surface area contributed by atoms with Crippen molar-refractivity contribution in [1.29, 1.82) is 0 Å². The third-order valence-corrected chi connectivity index (χ3v) is 1.25. The second-order valence-electron chi connectivity index (χ2n) is 2.65. The van der Waals surface area contributed by atoms with Crippen molar-refractivity contribution in [3.05, 3.63) is 10.1 Å². The fourth-order valence-electron chi connectivity index (χ4n) is 0.684. The van der Waals surface area contributed by atoms with E-state index in [4.69, 9.17) is 20.4 Å². The van der Waals surface area contributed by atoms with Crippen molar-refractivity contribution >= 4 is 37.7 Å². The summed E-state index contributed by atoms with van der Waals surface area (Å²) in [5.74, 6) is -5.98. The van der Waals surface area contributed by atoms with Gasteiger partial charge >= 0.3 is 19.8 Å². The molecule has 0 fully saturated rings. The number of hydrogen-bond acceptors (Lipinski definition) is 9. The van der Waals surface area contributed by atoms with Gasteiger partial charge in [-0.05, 0) is 0 Å². The molecule has 12 heteroatoms. The smallest absolute Gasteiger partial charge is 0.550 e. The molecule has 0 atom stereocenters. The van der Waals surface area contributed by atoms with E-state index < -0.39 is 41.4 Å². The molecule has 11 nitrogen and oxygen atoms in total. The quantitative estimate of drug-likeness (QED) is 0.278. The summed E-state index contributed by atoms with van der Waals surface area (Å²) in [4.78, 5) is 38.4. The fourth-order valence-corrected chi connectivity index (χ4v) is 0.684.